The molecule has 2 aromatic heterocycles. The molecule has 2 aromatic carbocycles. The van der Waals surface area contributed by atoms with Gasteiger partial charge in [-0.2, -0.15) is 0 Å². The van der Waals surface area contributed by atoms with E-state index < -0.39 is 18.1 Å². The summed E-state index contributed by atoms with van der Waals surface area (Å²) in [5.74, 6) is -0.345. The van der Waals surface area contributed by atoms with E-state index in [0.717, 1.165) is 4.70 Å². The number of aromatic nitrogens is 2. The van der Waals surface area contributed by atoms with Crippen LogP contribution in [-0.4, -0.2) is 81.8 Å². The van der Waals surface area contributed by atoms with Crippen molar-refractivity contribution in [2.24, 2.45) is 5.92 Å². The first-order valence-electron chi connectivity index (χ1n) is 13.9. The molecule has 0 saturated heterocycles. The number of rotatable bonds is 7. The molecule has 4 aromatic rings. The highest BCUT2D eigenvalue weighted by atomic mass is 32.1. The van der Waals surface area contributed by atoms with Gasteiger partial charge >= 0.3 is 6.03 Å². The number of aliphatic hydroxyl groups is 1. The standard InChI is InChI=1S/C30H34N6O6S/c1-16-13-36(17(2)15-37)29(39)20-9-8-11-22(31-27(38)28-32-21-10-6-7-12-24(21)43-28)26(20)41-23(16)14-35(5)30(40)33-25-18(3)34-42-19(25)4/h6-12,16-17,23,37H,13-15H2,1-5H3,(H,31,38)(H,33,40)/t16-,17-,23+/m1/s1. The second kappa shape index (κ2) is 12.4. The highest BCUT2D eigenvalue weighted by Gasteiger charge is 2.35. The summed E-state index contributed by atoms with van der Waals surface area (Å²) < 4.78 is 12.6. The maximum Gasteiger partial charge on any atom is 0.321 e. The fourth-order valence-corrected chi connectivity index (χ4v) is 5.78. The molecule has 226 valence electrons. The Morgan fingerprint density at radius 3 is 2.65 bits per heavy atom. The summed E-state index contributed by atoms with van der Waals surface area (Å²) in [6.45, 7) is 7.35. The second-order valence-electron chi connectivity index (χ2n) is 10.8. The lowest BCUT2D eigenvalue weighted by molar-refractivity contribution is 0.0372. The molecular weight excluding hydrogens is 572 g/mol. The Morgan fingerprint density at radius 2 is 1.95 bits per heavy atom. The maximum absolute atomic E-state index is 13.8. The van der Waals surface area contributed by atoms with E-state index in [9.17, 15) is 19.5 Å². The summed E-state index contributed by atoms with van der Waals surface area (Å²) >= 11 is 1.26. The van der Waals surface area contributed by atoms with Crippen LogP contribution in [0.4, 0.5) is 16.2 Å². The van der Waals surface area contributed by atoms with Crippen LogP contribution in [0.5, 0.6) is 5.75 Å². The molecule has 5 rings (SSSR count). The van der Waals surface area contributed by atoms with E-state index in [2.05, 4.69) is 20.8 Å². The first-order chi connectivity index (χ1) is 20.6. The zero-order valence-electron chi connectivity index (χ0n) is 24.6. The van der Waals surface area contributed by atoms with Crippen LogP contribution in [0.15, 0.2) is 47.0 Å². The minimum atomic E-state index is -0.582. The summed E-state index contributed by atoms with van der Waals surface area (Å²) in [7, 11) is 1.64. The summed E-state index contributed by atoms with van der Waals surface area (Å²) in [4.78, 5) is 47.8. The number of nitrogens with zero attached hydrogens (tertiary/aromatic N) is 4. The van der Waals surface area contributed by atoms with Gasteiger partial charge in [-0.05, 0) is 45.0 Å². The van der Waals surface area contributed by atoms with Crippen LogP contribution >= 0.6 is 11.3 Å². The van der Waals surface area contributed by atoms with Gasteiger partial charge in [0.1, 0.15) is 17.5 Å². The van der Waals surface area contributed by atoms with Crippen molar-refractivity contribution in [3.05, 3.63) is 64.5 Å². The molecule has 0 fully saturated rings. The van der Waals surface area contributed by atoms with E-state index in [1.165, 1.54) is 16.2 Å². The molecule has 43 heavy (non-hydrogen) atoms. The summed E-state index contributed by atoms with van der Waals surface area (Å²) in [6, 6.07) is 11.6. The number of likely N-dealkylation sites (N-methyl/N-ethyl adjacent to an activating group) is 1. The van der Waals surface area contributed by atoms with Crippen molar-refractivity contribution < 1.29 is 28.8 Å². The van der Waals surface area contributed by atoms with Crippen molar-refractivity contribution in [1.29, 1.82) is 0 Å². The third-order valence-corrected chi connectivity index (χ3v) is 8.53. The van der Waals surface area contributed by atoms with Gasteiger partial charge in [0, 0.05) is 19.5 Å². The number of aryl methyl sites for hydroxylation is 2. The van der Waals surface area contributed by atoms with Crippen LogP contribution in [-0.2, 0) is 0 Å². The Hall–Kier alpha value is -4.49. The van der Waals surface area contributed by atoms with Crippen LogP contribution in [0, 0.1) is 19.8 Å². The van der Waals surface area contributed by atoms with Gasteiger partial charge in [-0.25, -0.2) is 9.78 Å². The van der Waals surface area contributed by atoms with Gasteiger partial charge in [0.2, 0.25) is 0 Å². The highest BCUT2D eigenvalue weighted by Crippen LogP contribution is 2.35. The molecule has 4 amide bonds. The molecular formula is C30H34N6O6S. The number of hydrogen-bond acceptors (Lipinski definition) is 9. The molecule has 1 aliphatic rings. The Balaban J connectivity index is 1.46. The number of aliphatic hydroxyl groups excluding tert-OH is 1. The van der Waals surface area contributed by atoms with Crippen molar-refractivity contribution in [3.8, 4) is 5.75 Å². The average molecular weight is 607 g/mol. The van der Waals surface area contributed by atoms with Gasteiger partial charge in [-0.15, -0.1) is 11.3 Å². The summed E-state index contributed by atoms with van der Waals surface area (Å²) in [5, 5.41) is 19.8. The van der Waals surface area contributed by atoms with Gasteiger partial charge < -0.3 is 34.8 Å². The highest BCUT2D eigenvalue weighted by molar-refractivity contribution is 7.20. The number of fused-ring (bicyclic) bond motifs is 2. The number of urea groups is 1. The molecule has 0 saturated carbocycles. The quantitative estimate of drug-likeness (QED) is 0.278. The van der Waals surface area contributed by atoms with Crippen LogP contribution < -0.4 is 15.4 Å². The normalized spacial score (nSPS) is 17.4. The lowest BCUT2D eigenvalue weighted by Crippen LogP contribution is -2.50. The van der Waals surface area contributed by atoms with Crippen LogP contribution in [0.25, 0.3) is 10.2 Å². The van der Waals surface area contributed by atoms with E-state index in [0.29, 0.717) is 28.3 Å². The zero-order chi connectivity index (χ0) is 30.8. The molecule has 12 nitrogen and oxygen atoms in total. The Bertz CT molecular complexity index is 1620. The number of benzene rings is 2. The molecule has 3 atom stereocenters. The first kappa shape index (κ1) is 30.0. The van der Waals surface area contributed by atoms with E-state index in [1.807, 2.05) is 31.2 Å². The van der Waals surface area contributed by atoms with E-state index in [1.54, 1.807) is 50.9 Å². The molecule has 1 aliphatic heterocycles. The number of nitrogens with one attached hydrogen (secondary N) is 2. The van der Waals surface area contributed by atoms with E-state index in [-0.39, 0.29) is 53.9 Å². The molecule has 0 aliphatic carbocycles. The topological polar surface area (TPSA) is 150 Å². The monoisotopic (exact) mass is 606 g/mol. The van der Waals surface area contributed by atoms with Crippen molar-refractivity contribution in [3.63, 3.8) is 0 Å². The number of ether oxygens (including phenoxy) is 1. The molecule has 13 heteroatoms. The number of anilines is 2. The van der Waals surface area contributed by atoms with Crippen molar-refractivity contribution in [2.45, 2.75) is 39.8 Å². The minimum Gasteiger partial charge on any atom is -0.485 e. The van der Waals surface area contributed by atoms with Gasteiger partial charge in [-0.1, -0.05) is 30.3 Å². The first-order valence-corrected chi connectivity index (χ1v) is 14.7. The largest absolute Gasteiger partial charge is 0.485 e. The molecule has 0 bridgehead atoms. The van der Waals surface area contributed by atoms with E-state index in [4.69, 9.17) is 9.26 Å². The number of para-hydroxylation sites is 2. The number of carbonyl (C=O) groups excluding carboxylic acids is 3. The Kier molecular flexibility index (Phi) is 8.64. The number of amides is 4. The number of thiazole rings is 1. The van der Waals surface area contributed by atoms with Gasteiger partial charge in [0.05, 0.1) is 40.7 Å². The lowest BCUT2D eigenvalue weighted by Gasteiger charge is -2.38. The maximum atomic E-state index is 13.8. The van der Waals surface area contributed by atoms with Gasteiger partial charge in [0.15, 0.2) is 16.5 Å². The molecule has 0 spiro atoms. The van der Waals surface area contributed by atoms with Crippen LogP contribution in [0.2, 0.25) is 0 Å². The van der Waals surface area contributed by atoms with Crippen molar-refractivity contribution in [1.82, 2.24) is 19.9 Å². The SMILES string of the molecule is Cc1noc(C)c1NC(=O)N(C)C[C@@H]1Oc2c(NC(=O)c3nc4ccccc4s3)cccc2C(=O)N([C@H](C)CO)C[C@H]1C. The second-order valence-corrected chi connectivity index (χ2v) is 11.8. The smallest absolute Gasteiger partial charge is 0.321 e. The predicted molar refractivity (Wildman–Crippen MR) is 163 cm³/mol. The van der Waals surface area contributed by atoms with Gasteiger partial charge in [0.25, 0.3) is 11.8 Å². The summed E-state index contributed by atoms with van der Waals surface area (Å²) in [5.41, 5.74) is 2.32. The molecule has 3 heterocycles. The zero-order valence-corrected chi connectivity index (χ0v) is 25.4. The Labute approximate surface area is 252 Å². The van der Waals surface area contributed by atoms with Crippen molar-refractivity contribution >= 4 is 50.8 Å². The third-order valence-electron chi connectivity index (χ3n) is 7.49. The fraction of sp³-hybridized carbons (Fsp3) is 0.367. The fourth-order valence-electron chi connectivity index (χ4n) is 4.92. The Morgan fingerprint density at radius 1 is 1.19 bits per heavy atom. The van der Waals surface area contributed by atoms with Crippen LogP contribution in [0.3, 0.4) is 0 Å². The predicted octanol–water partition coefficient (Wildman–Crippen LogP) is 4.54. The van der Waals surface area contributed by atoms with Crippen molar-refractivity contribution in [2.75, 3.05) is 37.4 Å². The van der Waals surface area contributed by atoms with Gasteiger partial charge in [-0.3, -0.25) is 9.59 Å². The number of carbonyl (C=O) groups is 3. The molecule has 0 radical (unpaired) electrons. The van der Waals surface area contributed by atoms with Crippen LogP contribution in [0.1, 0.15) is 45.5 Å². The molecule has 3 N–H and O–H groups in total. The molecule has 0 unspecified atom stereocenters. The average Bonchev–Trinajstić information content (AvgIpc) is 3.57. The third kappa shape index (κ3) is 6.18. The number of hydrogen-bond donors (Lipinski definition) is 3. The lowest BCUT2D eigenvalue weighted by atomic mass is 9.99. The summed E-state index contributed by atoms with van der Waals surface area (Å²) in [6.07, 6.45) is -0.582. The van der Waals surface area contributed by atoms with E-state index >= 15 is 0 Å². The minimum absolute atomic E-state index is 0.158.